The minimum absolute atomic E-state index is 0.0912. The number of carbonyl (C=O) groups excluding carboxylic acids is 1. The smallest absolute Gasteiger partial charge is 0.345 e. The van der Waals surface area contributed by atoms with Crippen molar-refractivity contribution >= 4 is 22.6 Å². The maximum Gasteiger partial charge on any atom is 0.345 e. The lowest BCUT2D eigenvalue weighted by Gasteiger charge is -2.32. The maximum atomic E-state index is 13.3. The molecule has 3 heterocycles. The molecule has 0 unspecified atom stereocenters. The molecule has 1 aromatic heterocycles. The molecule has 0 saturated heterocycles. The molecule has 2 aromatic carbocycles. The average Bonchev–Trinajstić information content (AvgIpc) is 2.99. The van der Waals surface area contributed by atoms with Gasteiger partial charge in [-0.05, 0) is 30.3 Å². The fourth-order valence-electron chi connectivity index (χ4n) is 4.06. The van der Waals surface area contributed by atoms with E-state index >= 15 is 0 Å². The average molecular weight is 387 g/mol. The predicted octanol–water partition coefficient (Wildman–Crippen LogP) is 2.13. The van der Waals surface area contributed by atoms with E-state index in [4.69, 9.17) is 19.6 Å². The van der Waals surface area contributed by atoms with Crippen molar-refractivity contribution in [3.05, 3.63) is 75.5 Å². The quantitative estimate of drug-likeness (QED) is 0.612. The molecule has 2 aliphatic heterocycles. The Kier molecular flexibility index (Phi) is 3.28. The first kappa shape index (κ1) is 16.9. The molecule has 5 rings (SSSR count). The molecule has 3 N–H and O–H groups in total. The van der Waals surface area contributed by atoms with E-state index < -0.39 is 16.9 Å². The summed E-state index contributed by atoms with van der Waals surface area (Å²) in [6.07, 6.45) is 0. The minimum atomic E-state index is -1.80. The highest BCUT2D eigenvalue weighted by Gasteiger charge is 2.59. The SMILES string of the molecule is COc1ccc2c(c1)[C@]1(C(=O)N2)C(C#N)=C(N)Oc2c1c(=O)oc1ccccc21. The molecular weight excluding hydrogens is 374 g/mol. The second-order valence-corrected chi connectivity index (χ2v) is 6.66. The molecule has 8 nitrogen and oxygen atoms in total. The topological polar surface area (TPSA) is 128 Å². The summed E-state index contributed by atoms with van der Waals surface area (Å²) in [6.45, 7) is 0. The lowest BCUT2D eigenvalue weighted by molar-refractivity contribution is -0.118. The number of amides is 1. The van der Waals surface area contributed by atoms with Crippen LogP contribution in [0.15, 0.2) is 63.1 Å². The van der Waals surface area contributed by atoms with E-state index in [1.807, 2.05) is 6.07 Å². The summed E-state index contributed by atoms with van der Waals surface area (Å²) < 4.78 is 16.5. The summed E-state index contributed by atoms with van der Waals surface area (Å²) in [6, 6.07) is 13.6. The Balaban J connectivity index is 2.00. The van der Waals surface area contributed by atoms with Crippen molar-refractivity contribution in [1.82, 2.24) is 0 Å². The van der Waals surface area contributed by atoms with Crippen LogP contribution in [-0.2, 0) is 10.2 Å². The lowest BCUT2D eigenvalue weighted by Crippen LogP contribution is -2.45. The van der Waals surface area contributed by atoms with Gasteiger partial charge < -0.3 is 24.9 Å². The van der Waals surface area contributed by atoms with Crippen LogP contribution < -0.4 is 26.1 Å². The molecule has 0 radical (unpaired) electrons. The van der Waals surface area contributed by atoms with Gasteiger partial charge in [-0.3, -0.25) is 4.79 Å². The number of fused-ring (bicyclic) bond motifs is 6. The molecule has 1 amide bonds. The number of rotatable bonds is 1. The first-order valence-corrected chi connectivity index (χ1v) is 8.66. The second kappa shape index (κ2) is 5.62. The second-order valence-electron chi connectivity index (χ2n) is 6.66. The lowest BCUT2D eigenvalue weighted by atomic mass is 9.69. The molecular formula is C21H13N3O5. The summed E-state index contributed by atoms with van der Waals surface area (Å²) in [5.74, 6) is -0.290. The van der Waals surface area contributed by atoms with Gasteiger partial charge >= 0.3 is 5.63 Å². The molecule has 3 aromatic rings. The van der Waals surface area contributed by atoms with Crippen molar-refractivity contribution < 1.29 is 18.7 Å². The summed E-state index contributed by atoms with van der Waals surface area (Å²) in [5.41, 5.74) is 4.31. The molecule has 0 aliphatic carbocycles. The van der Waals surface area contributed by atoms with Crippen LogP contribution in [0.2, 0.25) is 0 Å². The van der Waals surface area contributed by atoms with Crippen LogP contribution >= 0.6 is 0 Å². The van der Waals surface area contributed by atoms with Crippen molar-refractivity contribution in [2.75, 3.05) is 12.4 Å². The Labute approximate surface area is 163 Å². The number of nitrogens with one attached hydrogen (secondary N) is 1. The number of methoxy groups -OCH3 is 1. The molecule has 2 aliphatic rings. The standard InChI is InChI=1S/C21H13N3O5/c1-27-10-6-7-14-12(8-10)21(20(26)24-14)13(9-22)18(23)29-17-11-4-2-3-5-15(11)28-19(25)16(17)21/h2-8H,23H2,1H3,(H,24,26)/t21-/m0/s1. The third-order valence-corrected chi connectivity index (χ3v) is 5.31. The zero-order valence-electron chi connectivity index (χ0n) is 15.1. The number of nitrogens with zero attached hydrogens (tertiary/aromatic N) is 1. The number of carbonyl (C=O) groups is 1. The van der Waals surface area contributed by atoms with Gasteiger partial charge in [0.1, 0.15) is 28.5 Å². The number of nitrogens with two attached hydrogens (primary N) is 1. The predicted molar refractivity (Wildman–Crippen MR) is 102 cm³/mol. The van der Waals surface area contributed by atoms with Crippen molar-refractivity contribution in [2.24, 2.45) is 5.73 Å². The van der Waals surface area contributed by atoms with Crippen LogP contribution in [0.5, 0.6) is 11.5 Å². The van der Waals surface area contributed by atoms with Crippen LogP contribution in [-0.4, -0.2) is 13.0 Å². The van der Waals surface area contributed by atoms with Gasteiger partial charge in [0.15, 0.2) is 11.2 Å². The largest absolute Gasteiger partial charge is 0.497 e. The number of ether oxygens (including phenoxy) is 2. The highest BCUT2D eigenvalue weighted by Crippen LogP contribution is 2.53. The van der Waals surface area contributed by atoms with Crippen LogP contribution in [0.25, 0.3) is 11.0 Å². The van der Waals surface area contributed by atoms with Crippen molar-refractivity contribution in [3.63, 3.8) is 0 Å². The summed E-state index contributed by atoms with van der Waals surface area (Å²) >= 11 is 0. The fourth-order valence-corrected chi connectivity index (χ4v) is 4.06. The number of para-hydroxylation sites is 1. The van der Waals surface area contributed by atoms with Gasteiger partial charge in [0.2, 0.25) is 11.8 Å². The highest BCUT2D eigenvalue weighted by molar-refractivity contribution is 6.13. The summed E-state index contributed by atoms with van der Waals surface area (Å²) in [7, 11) is 1.48. The van der Waals surface area contributed by atoms with E-state index in [2.05, 4.69) is 5.32 Å². The third-order valence-electron chi connectivity index (χ3n) is 5.31. The first-order valence-electron chi connectivity index (χ1n) is 8.66. The van der Waals surface area contributed by atoms with Gasteiger partial charge in [0.25, 0.3) is 0 Å². The number of hydrogen-bond donors (Lipinski definition) is 2. The molecule has 1 spiro atoms. The molecule has 29 heavy (non-hydrogen) atoms. The van der Waals surface area contributed by atoms with Crippen molar-refractivity contribution in [2.45, 2.75) is 5.41 Å². The van der Waals surface area contributed by atoms with E-state index in [0.29, 0.717) is 22.4 Å². The molecule has 8 heteroatoms. The van der Waals surface area contributed by atoms with Gasteiger partial charge in [-0.25, -0.2) is 4.79 Å². The van der Waals surface area contributed by atoms with Gasteiger partial charge in [-0.15, -0.1) is 0 Å². The maximum absolute atomic E-state index is 13.3. The van der Waals surface area contributed by atoms with E-state index in [9.17, 15) is 14.9 Å². The Morgan fingerprint density at radius 1 is 1.21 bits per heavy atom. The Morgan fingerprint density at radius 3 is 2.76 bits per heavy atom. The van der Waals surface area contributed by atoms with Gasteiger partial charge in [0.05, 0.1) is 12.5 Å². The molecule has 0 bridgehead atoms. The number of nitriles is 1. The zero-order valence-corrected chi connectivity index (χ0v) is 15.1. The summed E-state index contributed by atoms with van der Waals surface area (Å²) in [5, 5.41) is 13.1. The van der Waals surface area contributed by atoms with E-state index in [1.165, 1.54) is 7.11 Å². The van der Waals surface area contributed by atoms with Crippen molar-refractivity contribution in [1.29, 1.82) is 5.26 Å². The van der Waals surface area contributed by atoms with Crippen LogP contribution in [0, 0.1) is 11.3 Å². The van der Waals surface area contributed by atoms with Gasteiger partial charge in [-0.2, -0.15) is 5.26 Å². The normalized spacial score (nSPS) is 19.4. The van der Waals surface area contributed by atoms with Gasteiger partial charge in [-0.1, -0.05) is 12.1 Å². The molecule has 0 fully saturated rings. The summed E-state index contributed by atoms with van der Waals surface area (Å²) in [4.78, 5) is 26.4. The van der Waals surface area contributed by atoms with E-state index in [1.54, 1.807) is 42.5 Å². The van der Waals surface area contributed by atoms with Crippen LogP contribution in [0.1, 0.15) is 11.1 Å². The Hall–Kier alpha value is -4.25. The van der Waals surface area contributed by atoms with Crippen LogP contribution in [0.4, 0.5) is 5.69 Å². The fraction of sp³-hybridized carbons (Fsp3) is 0.0952. The van der Waals surface area contributed by atoms with E-state index in [0.717, 1.165) is 0 Å². The Bertz CT molecular complexity index is 1360. The third kappa shape index (κ3) is 1.96. The highest BCUT2D eigenvalue weighted by atomic mass is 16.5. The minimum Gasteiger partial charge on any atom is -0.497 e. The van der Waals surface area contributed by atoms with E-state index in [-0.39, 0.29) is 28.4 Å². The molecule has 142 valence electrons. The monoisotopic (exact) mass is 387 g/mol. The number of benzene rings is 2. The van der Waals surface area contributed by atoms with Gasteiger partial charge in [0, 0.05) is 11.3 Å². The first-order chi connectivity index (χ1) is 14.0. The van der Waals surface area contributed by atoms with Crippen molar-refractivity contribution in [3.8, 4) is 17.6 Å². The molecule has 1 atom stereocenters. The molecule has 0 saturated carbocycles. The van der Waals surface area contributed by atoms with Crippen LogP contribution in [0.3, 0.4) is 0 Å². The number of anilines is 1. The number of hydrogen-bond acceptors (Lipinski definition) is 7. The Morgan fingerprint density at radius 2 is 2.00 bits per heavy atom. The zero-order chi connectivity index (χ0) is 20.3.